The molecule has 0 aromatic carbocycles. The van der Waals surface area contributed by atoms with Gasteiger partial charge in [-0.1, -0.05) is 335 Å². The number of hydrogen-bond donors (Lipinski definition) is 2. The first-order chi connectivity index (χ1) is 42.5. The van der Waals surface area contributed by atoms with Crippen molar-refractivity contribution in [3.8, 4) is 0 Å². The molecule has 0 aliphatic rings. The summed E-state index contributed by atoms with van der Waals surface area (Å²) in [4.78, 5) is 25.7. The highest BCUT2D eigenvalue weighted by Gasteiger charge is 2.23. The lowest BCUT2D eigenvalue weighted by Gasteiger charge is -2.29. The molecule has 3 unspecified atom stereocenters. The van der Waals surface area contributed by atoms with Gasteiger partial charge in [0.2, 0.25) is 5.91 Å². The molecular weight excluding hydrogens is 1090 g/mol. The molecule has 9 heteroatoms. The highest BCUT2D eigenvalue weighted by atomic mass is 31.2. The van der Waals surface area contributed by atoms with Gasteiger partial charge in [-0.25, -0.2) is 0 Å². The summed E-state index contributed by atoms with van der Waals surface area (Å²) in [5.74, 6) is -0.211. The Morgan fingerprint density at radius 3 is 1.07 bits per heavy atom. The topological polar surface area (TPSA) is 108 Å². The van der Waals surface area contributed by atoms with Crippen LogP contribution in [0, 0.1) is 0 Å². The van der Waals surface area contributed by atoms with Crippen LogP contribution in [0.1, 0.15) is 328 Å². The second kappa shape index (κ2) is 67.6. The number of quaternary nitrogens is 1. The van der Waals surface area contributed by atoms with Gasteiger partial charge in [0.25, 0.3) is 7.82 Å². The fourth-order valence-electron chi connectivity index (χ4n) is 10.5. The zero-order valence-electron chi connectivity index (χ0n) is 57.7. The van der Waals surface area contributed by atoms with Crippen molar-refractivity contribution in [1.29, 1.82) is 0 Å². The minimum absolute atomic E-state index is 0.0122. The van der Waals surface area contributed by atoms with E-state index in [0.717, 1.165) is 83.5 Å². The predicted molar refractivity (Wildman–Crippen MR) is 380 cm³/mol. The van der Waals surface area contributed by atoms with Crippen LogP contribution in [-0.2, 0) is 18.4 Å². The second-order valence-corrected chi connectivity index (χ2v) is 27.3. The number of amides is 1. The molecule has 2 N–H and O–H groups in total. The lowest BCUT2D eigenvalue weighted by molar-refractivity contribution is -0.870. The number of aliphatic hydroxyl groups is 1. The molecule has 0 saturated carbocycles. The number of carbonyl (C=O) groups is 1. The lowest BCUT2D eigenvalue weighted by atomic mass is 10.0. The zero-order valence-corrected chi connectivity index (χ0v) is 58.6. The van der Waals surface area contributed by atoms with Gasteiger partial charge in [0.1, 0.15) is 13.2 Å². The minimum atomic E-state index is -4.62. The van der Waals surface area contributed by atoms with Gasteiger partial charge in [-0.3, -0.25) is 9.36 Å². The predicted octanol–water partition coefficient (Wildman–Crippen LogP) is 23.2. The van der Waals surface area contributed by atoms with Crippen molar-refractivity contribution in [2.75, 3.05) is 40.9 Å². The van der Waals surface area contributed by atoms with Gasteiger partial charge >= 0.3 is 0 Å². The third-order valence-corrected chi connectivity index (χ3v) is 17.2. The molecule has 3 atom stereocenters. The van der Waals surface area contributed by atoms with Crippen LogP contribution in [0.3, 0.4) is 0 Å². The first-order valence-corrected chi connectivity index (χ1v) is 38.2. The molecule has 8 nitrogen and oxygen atoms in total. The first kappa shape index (κ1) is 84.2. The molecule has 0 heterocycles. The molecule has 1 amide bonds. The molecule has 0 bridgehead atoms. The summed E-state index contributed by atoms with van der Waals surface area (Å²) in [6.07, 6.45) is 99.4. The number of likely N-dealkylation sites (N-methyl/N-ethyl adjacent to an activating group) is 1. The van der Waals surface area contributed by atoms with Gasteiger partial charge in [-0.15, -0.1) is 0 Å². The summed E-state index contributed by atoms with van der Waals surface area (Å²) in [5.41, 5.74) is 0. The number of nitrogens with zero attached hydrogens (tertiary/aromatic N) is 1. The van der Waals surface area contributed by atoms with E-state index in [1.165, 1.54) is 225 Å². The fraction of sp³-hybridized carbons (Fsp3) is 0.756. The summed E-state index contributed by atoms with van der Waals surface area (Å²) in [7, 11) is 1.23. The molecule has 0 rings (SSSR count). The first-order valence-electron chi connectivity index (χ1n) is 36.7. The number of hydrogen-bond acceptors (Lipinski definition) is 6. The van der Waals surface area contributed by atoms with Crippen LogP contribution >= 0.6 is 7.82 Å². The maximum absolute atomic E-state index is 13.0. The van der Waals surface area contributed by atoms with E-state index in [1.807, 2.05) is 27.2 Å². The third-order valence-electron chi connectivity index (χ3n) is 16.2. The van der Waals surface area contributed by atoms with Gasteiger partial charge < -0.3 is 28.8 Å². The normalized spacial score (nSPS) is 14.2. The van der Waals surface area contributed by atoms with E-state index < -0.39 is 26.6 Å². The van der Waals surface area contributed by atoms with Gasteiger partial charge in [-0.2, -0.15) is 0 Å². The molecule has 0 spiro atoms. The summed E-state index contributed by atoms with van der Waals surface area (Å²) in [5, 5.41) is 14.0. The average molecular weight is 1230 g/mol. The van der Waals surface area contributed by atoms with Crippen molar-refractivity contribution < 1.29 is 32.9 Å². The Balaban J connectivity index is 4.11. The van der Waals surface area contributed by atoms with E-state index in [2.05, 4.69) is 116 Å². The monoisotopic (exact) mass is 1230 g/mol. The molecule has 504 valence electrons. The molecule has 0 radical (unpaired) electrons. The van der Waals surface area contributed by atoms with Crippen molar-refractivity contribution in [2.45, 2.75) is 341 Å². The van der Waals surface area contributed by atoms with Crippen molar-refractivity contribution in [1.82, 2.24) is 5.32 Å². The minimum Gasteiger partial charge on any atom is -0.756 e. The fourth-order valence-corrected chi connectivity index (χ4v) is 11.3. The van der Waals surface area contributed by atoms with Crippen LogP contribution in [0.25, 0.3) is 0 Å². The summed E-state index contributed by atoms with van der Waals surface area (Å²) < 4.78 is 23.5. The quantitative estimate of drug-likeness (QED) is 0.0272. The van der Waals surface area contributed by atoms with Gasteiger partial charge in [0.15, 0.2) is 0 Å². The standard InChI is InChI=1S/C78H141N2O6P/c1-6-8-10-12-14-16-18-20-22-24-26-28-30-32-34-36-38-39-40-41-42-44-46-48-50-52-54-56-58-60-62-64-66-68-70-72-78(82)79-76(75-86-87(83,84)85-74-73-80(3,4)5)77(81)71-69-67-65-63-61-59-57-55-53-51-49-47-45-43-37-35-33-31-29-27-25-23-21-19-17-15-13-11-9-7-2/h8,10,14,16,20,22,26,28,32,34,38-39,53,55,61,63,69,71,76-77,81H,6-7,9,11-13,15,17-19,21,23-25,27,29-31,33,35-37,40-52,54,56-60,62,64-68,70,72-75H2,1-5H3,(H-,79,82,83,84)/b10-8-,16-14-,22-20-,28-26-,34-32-,39-38-,55-53+,63-61+,71-69+. The molecule has 0 aromatic heterocycles. The van der Waals surface area contributed by atoms with E-state index in [9.17, 15) is 19.4 Å². The van der Waals surface area contributed by atoms with Gasteiger partial charge in [0, 0.05) is 6.42 Å². The number of phosphoric acid groups is 1. The number of allylic oxidation sites excluding steroid dienone is 17. The van der Waals surface area contributed by atoms with E-state index >= 15 is 0 Å². The Bertz CT molecular complexity index is 1790. The number of nitrogens with one attached hydrogen (secondary N) is 1. The van der Waals surface area contributed by atoms with Crippen LogP contribution in [0.15, 0.2) is 109 Å². The van der Waals surface area contributed by atoms with Gasteiger partial charge in [-0.05, 0) is 96.3 Å². The van der Waals surface area contributed by atoms with Crippen LogP contribution < -0.4 is 10.2 Å². The summed E-state index contributed by atoms with van der Waals surface area (Å²) >= 11 is 0. The zero-order chi connectivity index (χ0) is 63.4. The van der Waals surface area contributed by atoms with Crippen molar-refractivity contribution >= 4 is 13.7 Å². The Morgan fingerprint density at radius 2 is 0.713 bits per heavy atom. The largest absolute Gasteiger partial charge is 0.756 e. The van der Waals surface area contributed by atoms with Crippen molar-refractivity contribution in [3.63, 3.8) is 0 Å². The Kier molecular flexibility index (Phi) is 65.3. The van der Waals surface area contributed by atoms with E-state index in [1.54, 1.807) is 6.08 Å². The van der Waals surface area contributed by atoms with E-state index in [4.69, 9.17) is 9.05 Å². The molecule has 0 fully saturated rings. The van der Waals surface area contributed by atoms with Crippen molar-refractivity contribution in [2.24, 2.45) is 0 Å². The number of carbonyl (C=O) groups excluding carboxylic acids is 1. The summed E-state index contributed by atoms with van der Waals surface area (Å²) in [6, 6.07) is -0.917. The number of unbranched alkanes of at least 4 members (excludes halogenated alkanes) is 38. The molecular formula is C78H141N2O6P. The van der Waals surface area contributed by atoms with E-state index in [0.29, 0.717) is 17.4 Å². The molecule has 87 heavy (non-hydrogen) atoms. The van der Waals surface area contributed by atoms with Crippen LogP contribution in [-0.4, -0.2) is 68.5 Å². The highest BCUT2D eigenvalue weighted by Crippen LogP contribution is 2.38. The Hall–Kier alpha value is -2.84. The summed E-state index contributed by atoms with van der Waals surface area (Å²) in [6.45, 7) is 4.54. The van der Waals surface area contributed by atoms with Crippen molar-refractivity contribution in [3.05, 3.63) is 109 Å². The third kappa shape index (κ3) is 70.5. The van der Waals surface area contributed by atoms with E-state index in [-0.39, 0.29) is 12.5 Å². The van der Waals surface area contributed by atoms with Crippen LogP contribution in [0.5, 0.6) is 0 Å². The SMILES string of the molecule is CC/C=C\C/C=C\C/C=C\C/C=C\C/C=C\C/C=C\CCCCCCCCCCCCCCCCCCC(=O)NC(COP(=O)([O-])OCC[N+](C)(C)C)C(O)/C=C/CC/C=C/CC/C=C/CCCCCCCCCCCCCCCCCCCCCC. The lowest BCUT2D eigenvalue weighted by Crippen LogP contribution is -2.45. The Labute approximate surface area is 540 Å². The second-order valence-electron chi connectivity index (χ2n) is 25.9. The smallest absolute Gasteiger partial charge is 0.268 e. The maximum atomic E-state index is 13.0. The highest BCUT2D eigenvalue weighted by molar-refractivity contribution is 7.45. The van der Waals surface area contributed by atoms with Crippen LogP contribution in [0.4, 0.5) is 0 Å². The number of rotatable bonds is 67. The molecule has 0 aliphatic heterocycles. The maximum Gasteiger partial charge on any atom is 0.268 e. The number of aliphatic hydroxyl groups excluding tert-OH is 1. The van der Waals surface area contributed by atoms with Crippen LogP contribution in [0.2, 0.25) is 0 Å². The number of phosphoric ester groups is 1. The molecule has 0 aromatic rings. The average Bonchev–Trinajstić information content (AvgIpc) is 3.70. The van der Waals surface area contributed by atoms with Gasteiger partial charge in [0.05, 0.1) is 39.9 Å². The Morgan fingerprint density at radius 1 is 0.414 bits per heavy atom. The molecule has 0 saturated heterocycles. The molecule has 0 aliphatic carbocycles.